The van der Waals surface area contributed by atoms with Gasteiger partial charge in [-0.2, -0.15) is 5.26 Å². The summed E-state index contributed by atoms with van der Waals surface area (Å²) in [4.78, 5) is 0. The molecule has 0 radical (unpaired) electrons. The third-order valence-electron chi connectivity index (χ3n) is 4.45. The van der Waals surface area contributed by atoms with Crippen molar-refractivity contribution < 1.29 is 0 Å². The Morgan fingerprint density at radius 3 is 2.45 bits per heavy atom. The molecule has 0 fully saturated rings. The van der Waals surface area contributed by atoms with E-state index in [0.29, 0.717) is 10.6 Å². The van der Waals surface area contributed by atoms with Crippen LogP contribution in [0.3, 0.4) is 0 Å². The molecule has 29 heavy (non-hydrogen) atoms. The number of rotatable bonds is 5. The van der Waals surface area contributed by atoms with Crippen LogP contribution in [0.15, 0.2) is 78.0 Å². The predicted molar refractivity (Wildman–Crippen MR) is 117 cm³/mol. The number of nitriles is 1. The van der Waals surface area contributed by atoms with Crippen LogP contribution < -0.4 is 0 Å². The summed E-state index contributed by atoms with van der Waals surface area (Å²) >= 11 is 7.67. The fourth-order valence-corrected chi connectivity index (χ4v) is 4.01. The van der Waals surface area contributed by atoms with E-state index in [0.717, 1.165) is 33.5 Å². The van der Waals surface area contributed by atoms with Gasteiger partial charge in [-0.25, -0.2) is 0 Å². The summed E-state index contributed by atoms with van der Waals surface area (Å²) in [6.07, 6.45) is 0. The number of aromatic nitrogens is 3. The molecule has 3 aromatic carbocycles. The third-order valence-corrected chi connectivity index (χ3v) is 5.70. The molecule has 0 bridgehead atoms. The number of nitrogens with zero attached hydrogens (tertiary/aromatic N) is 4. The summed E-state index contributed by atoms with van der Waals surface area (Å²) in [6.45, 7) is 2.07. The first kappa shape index (κ1) is 19.3. The molecule has 142 valence electrons. The predicted octanol–water partition coefficient (Wildman–Crippen LogP) is 6.06. The zero-order valence-corrected chi connectivity index (χ0v) is 17.3. The number of halogens is 1. The van der Waals surface area contributed by atoms with E-state index < -0.39 is 0 Å². The van der Waals surface area contributed by atoms with Crippen molar-refractivity contribution in [2.24, 2.45) is 0 Å². The highest BCUT2D eigenvalue weighted by atomic mass is 35.5. The van der Waals surface area contributed by atoms with Crippen LogP contribution >= 0.6 is 23.4 Å². The molecule has 1 heterocycles. The molecular weight excluding hydrogens is 400 g/mol. The van der Waals surface area contributed by atoms with Crippen LogP contribution in [0.5, 0.6) is 0 Å². The van der Waals surface area contributed by atoms with Gasteiger partial charge >= 0.3 is 0 Å². The standard InChI is InChI=1S/C23H17ClN4S/c1-16-3-2-4-21(13-16)28-22(19-9-11-20(24)12-10-19)26-27-23(28)29-15-18-7-5-17(14-25)6-8-18/h2-13H,15H2,1H3. The first-order chi connectivity index (χ1) is 14.1. The van der Waals surface area contributed by atoms with E-state index in [1.165, 1.54) is 5.56 Å². The summed E-state index contributed by atoms with van der Waals surface area (Å²) in [5.41, 5.74) is 4.92. The SMILES string of the molecule is Cc1cccc(-n2c(SCc3ccc(C#N)cc3)nnc2-c2ccc(Cl)cc2)c1. The van der Waals surface area contributed by atoms with Crippen molar-refractivity contribution in [3.8, 4) is 23.1 Å². The Bertz CT molecular complexity index is 1170. The minimum Gasteiger partial charge on any atom is -0.270 e. The number of benzene rings is 3. The summed E-state index contributed by atoms with van der Waals surface area (Å²) in [5.74, 6) is 1.51. The lowest BCUT2D eigenvalue weighted by molar-refractivity contribution is 0.885. The molecule has 4 aromatic rings. The van der Waals surface area contributed by atoms with Gasteiger partial charge in [0.05, 0.1) is 11.6 Å². The van der Waals surface area contributed by atoms with E-state index in [1.54, 1.807) is 11.8 Å². The molecule has 4 nitrogen and oxygen atoms in total. The summed E-state index contributed by atoms with van der Waals surface area (Å²) in [6, 6.07) is 25.7. The van der Waals surface area contributed by atoms with Crippen molar-refractivity contribution in [2.45, 2.75) is 17.8 Å². The highest BCUT2D eigenvalue weighted by Crippen LogP contribution is 2.30. The molecule has 1 aromatic heterocycles. The largest absolute Gasteiger partial charge is 0.270 e. The van der Waals surface area contributed by atoms with E-state index in [4.69, 9.17) is 16.9 Å². The van der Waals surface area contributed by atoms with Gasteiger partial charge in [-0.15, -0.1) is 10.2 Å². The Labute approximate surface area is 178 Å². The molecule has 0 N–H and O–H groups in total. The van der Waals surface area contributed by atoms with Crippen molar-refractivity contribution in [3.05, 3.63) is 94.5 Å². The smallest absolute Gasteiger partial charge is 0.196 e. The molecule has 6 heteroatoms. The van der Waals surface area contributed by atoms with Crippen LogP contribution in [0.1, 0.15) is 16.7 Å². The molecule has 4 rings (SSSR count). The van der Waals surface area contributed by atoms with Crippen LogP contribution in [0.4, 0.5) is 0 Å². The molecule has 0 unspecified atom stereocenters. The molecule has 0 atom stereocenters. The van der Waals surface area contributed by atoms with Gasteiger partial charge in [-0.3, -0.25) is 4.57 Å². The van der Waals surface area contributed by atoms with Crippen LogP contribution in [0, 0.1) is 18.3 Å². The highest BCUT2D eigenvalue weighted by Gasteiger charge is 2.16. The van der Waals surface area contributed by atoms with Gasteiger partial charge in [0.1, 0.15) is 0 Å². The molecule has 0 aliphatic heterocycles. The number of thioether (sulfide) groups is 1. The van der Waals surface area contributed by atoms with Crippen molar-refractivity contribution >= 4 is 23.4 Å². The fraction of sp³-hybridized carbons (Fsp3) is 0.0870. The number of aryl methyl sites for hydroxylation is 1. The highest BCUT2D eigenvalue weighted by molar-refractivity contribution is 7.98. The van der Waals surface area contributed by atoms with Gasteiger partial charge in [0.2, 0.25) is 0 Å². The van der Waals surface area contributed by atoms with Crippen molar-refractivity contribution in [1.29, 1.82) is 5.26 Å². The van der Waals surface area contributed by atoms with Crippen LogP contribution in [-0.2, 0) is 5.75 Å². The van der Waals surface area contributed by atoms with Crippen LogP contribution in [-0.4, -0.2) is 14.8 Å². The molecule has 0 amide bonds. The average molecular weight is 417 g/mol. The third kappa shape index (κ3) is 4.34. The minimum atomic E-state index is 0.659. The Hall–Kier alpha value is -3.07. The number of hydrogen-bond acceptors (Lipinski definition) is 4. The zero-order chi connectivity index (χ0) is 20.2. The maximum absolute atomic E-state index is 8.96. The van der Waals surface area contributed by atoms with Gasteiger partial charge in [0, 0.05) is 22.0 Å². The molecular formula is C23H17ClN4S. The lowest BCUT2D eigenvalue weighted by Crippen LogP contribution is -2.00. The Kier molecular flexibility index (Phi) is 5.66. The lowest BCUT2D eigenvalue weighted by atomic mass is 10.2. The van der Waals surface area contributed by atoms with E-state index in [9.17, 15) is 0 Å². The molecule has 0 spiro atoms. The lowest BCUT2D eigenvalue weighted by Gasteiger charge is -2.11. The maximum Gasteiger partial charge on any atom is 0.196 e. The van der Waals surface area contributed by atoms with Crippen LogP contribution in [0.2, 0.25) is 5.02 Å². The summed E-state index contributed by atoms with van der Waals surface area (Å²) in [5, 5.41) is 19.4. The Morgan fingerprint density at radius 1 is 1.00 bits per heavy atom. The zero-order valence-electron chi connectivity index (χ0n) is 15.7. The average Bonchev–Trinajstić information content (AvgIpc) is 3.17. The topological polar surface area (TPSA) is 54.5 Å². The van der Waals surface area contributed by atoms with Crippen molar-refractivity contribution in [3.63, 3.8) is 0 Å². The molecule has 0 saturated heterocycles. The van der Waals surface area contributed by atoms with Gasteiger partial charge < -0.3 is 0 Å². The fourth-order valence-electron chi connectivity index (χ4n) is 2.97. The normalized spacial score (nSPS) is 10.7. The first-order valence-corrected chi connectivity index (χ1v) is 10.4. The quantitative estimate of drug-likeness (QED) is 0.371. The second kappa shape index (κ2) is 8.52. The molecule has 0 aliphatic carbocycles. The van der Waals surface area contributed by atoms with Gasteiger partial charge in [0.15, 0.2) is 11.0 Å². The second-order valence-electron chi connectivity index (χ2n) is 6.58. The van der Waals surface area contributed by atoms with Gasteiger partial charge in [0.25, 0.3) is 0 Å². The molecule has 0 aliphatic rings. The van der Waals surface area contributed by atoms with E-state index in [1.807, 2.05) is 54.6 Å². The first-order valence-electron chi connectivity index (χ1n) is 9.04. The molecule has 0 saturated carbocycles. The van der Waals surface area contributed by atoms with E-state index >= 15 is 0 Å². The maximum atomic E-state index is 8.96. The minimum absolute atomic E-state index is 0.659. The van der Waals surface area contributed by atoms with Gasteiger partial charge in [-0.05, 0) is 66.6 Å². The van der Waals surface area contributed by atoms with Gasteiger partial charge in [-0.1, -0.05) is 47.6 Å². The Morgan fingerprint density at radius 2 is 1.76 bits per heavy atom. The van der Waals surface area contributed by atoms with Crippen LogP contribution in [0.25, 0.3) is 17.1 Å². The van der Waals surface area contributed by atoms with E-state index in [2.05, 4.69) is 46.0 Å². The number of hydrogen-bond donors (Lipinski definition) is 0. The second-order valence-corrected chi connectivity index (χ2v) is 7.96. The van der Waals surface area contributed by atoms with Crippen molar-refractivity contribution in [2.75, 3.05) is 0 Å². The summed E-state index contributed by atoms with van der Waals surface area (Å²) < 4.78 is 2.07. The monoisotopic (exact) mass is 416 g/mol. The Balaban J connectivity index is 1.71. The summed E-state index contributed by atoms with van der Waals surface area (Å²) in [7, 11) is 0. The van der Waals surface area contributed by atoms with E-state index in [-0.39, 0.29) is 0 Å². The van der Waals surface area contributed by atoms with Crippen molar-refractivity contribution in [1.82, 2.24) is 14.8 Å².